The van der Waals surface area contributed by atoms with Gasteiger partial charge in [0.2, 0.25) is 11.7 Å². The molecule has 6 heteroatoms. The Morgan fingerprint density at radius 3 is 2.80 bits per heavy atom. The zero-order valence-corrected chi connectivity index (χ0v) is 15.2. The first kappa shape index (κ1) is 17.9. The van der Waals surface area contributed by atoms with Gasteiger partial charge < -0.3 is 14.4 Å². The van der Waals surface area contributed by atoms with Crippen molar-refractivity contribution in [1.29, 1.82) is 0 Å². The van der Waals surface area contributed by atoms with Crippen LogP contribution < -0.4 is 4.74 Å². The van der Waals surface area contributed by atoms with Crippen LogP contribution in [0.25, 0.3) is 0 Å². The standard InChI is InChI=1S/C19H27N3O3/c1-13-7-14(2)9-17(8-13)24-12-18-20-19(25-21-18)11-22-6-4-5-16(22)10-15(3)23/h7-9,15-16,23H,4-6,10-12H2,1-3H3. The largest absolute Gasteiger partial charge is 0.485 e. The fraction of sp³-hybridized carbons (Fsp3) is 0.579. The van der Waals surface area contributed by atoms with Gasteiger partial charge >= 0.3 is 0 Å². The van der Waals surface area contributed by atoms with Crippen molar-refractivity contribution in [3.63, 3.8) is 0 Å². The fourth-order valence-corrected chi connectivity index (χ4v) is 3.51. The Morgan fingerprint density at radius 2 is 2.08 bits per heavy atom. The molecule has 0 amide bonds. The van der Waals surface area contributed by atoms with Crippen LogP contribution in [0, 0.1) is 13.8 Å². The lowest BCUT2D eigenvalue weighted by Gasteiger charge is -2.23. The van der Waals surface area contributed by atoms with E-state index in [2.05, 4.69) is 21.1 Å². The Bertz CT molecular complexity index is 679. The van der Waals surface area contributed by atoms with Crippen LogP contribution in [0.3, 0.4) is 0 Å². The van der Waals surface area contributed by atoms with Gasteiger partial charge in [0, 0.05) is 6.04 Å². The quantitative estimate of drug-likeness (QED) is 0.832. The molecule has 3 rings (SSSR count). The molecular weight excluding hydrogens is 318 g/mol. The van der Waals surface area contributed by atoms with Crippen molar-refractivity contribution in [3.8, 4) is 5.75 Å². The van der Waals surface area contributed by atoms with Gasteiger partial charge in [-0.1, -0.05) is 11.2 Å². The number of ether oxygens (including phenoxy) is 1. The van der Waals surface area contributed by atoms with Crippen molar-refractivity contribution in [1.82, 2.24) is 15.0 Å². The molecule has 0 saturated carbocycles. The lowest BCUT2D eigenvalue weighted by Crippen LogP contribution is -2.31. The first-order valence-corrected chi connectivity index (χ1v) is 8.94. The van der Waals surface area contributed by atoms with Gasteiger partial charge in [-0.15, -0.1) is 0 Å². The molecule has 25 heavy (non-hydrogen) atoms. The predicted octanol–water partition coefficient (Wildman–Crippen LogP) is 3.00. The van der Waals surface area contributed by atoms with E-state index in [9.17, 15) is 5.11 Å². The highest BCUT2D eigenvalue weighted by atomic mass is 16.5. The molecule has 0 bridgehead atoms. The molecule has 136 valence electrons. The number of likely N-dealkylation sites (tertiary alicyclic amines) is 1. The maximum atomic E-state index is 9.62. The highest BCUT2D eigenvalue weighted by molar-refractivity contribution is 5.33. The van der Waals surface area contributed by atoms with E-state index in [1.54, 1.807) is 0 Å². The zero-order valence-electron chi connectivity index (χ0n) is 15.2. The molecule has 1 saturated heterocycles. The molecule has 1 fully saturated rings. The summed E-state index contributed by atoms with van der Waals surface area (Å²) in [5, 5.41) is 13.6. The van der Waals surface area contributed by atoms with Gasteiger partial charge in [-0.05, 0) is 69.8 Å². The first-order valence-electron chi connectivity index (χ1n) is 8.94. The summed E-state index contributed by atoms with van der Waals surface area (Å²) in [5.74, 6) is 1.98. The predicted molar refractivity (Wildman–Crippen MR) is 94.3 cm³/mol. The third-order valence-electron chi connectivity index (χ3n) is 4.52. The lowest BCUT2D eigenvalue weighted by atomic mass is 10.1. The Hall–Kier alpha value is -1.92. The van der Waals surface area contributed by atoms with Crippen LogP contribution >= 0.6 is 0 Å². The molecule has 0 aliphatic carbocycles. The van der Waals surface area contributed by atoms with E-state index >= 15 is 0 Å². The van der Waals surface area contributed by atoms with Crippen molar-refractivity contribution in [3.05, 3.63) is 41.0 Å². The van der Waals surface area contributed by atoms with Crippen molar-refractivity contribution in [2.45, 2.75) is 65.3 Å². The van der Waals surface area contributed by atoms with E-state index in [4.69, 9.17) is 9.26 Å². The van der Waals surface area contributed by atoms with Gasteiger partial charge in [-0.25, -0.2) is 0 Å². The van der Waals surface area contributed by atoms with E-state index in [1.807, 2.05) is 32.9 Å². The molecule has 0 radical (unpaired) electrons. The normalized spacial score (nSPS) is 19.3. The fourth-order valence-electron chi connectivity index (χ4n) is 3.51. The monoisotopic (exact) mass is 345 g/mol. The second kappa shape index (κ2) is 7.97. The zero-order chi connectivity index (χ0) is 17.8. The number of aryl methyl sites for hydroxylation is 2. The van der Waals surface area contributed by atoms with E-state index in [0.29, 0.717) is 30.9 Å². The number of hydrogen-bond acceptors (Lipinski definition) is 6. The highest BCUT2D eigenvalue weighted by Crippen LogP contribution is 2.23. The van der Waals surface area contributed by atoms with Crippen LogP contribution in [-0.2, 0) is 13.2 Å². The van der Waals surface area contributed by atoms with Crippen molar-refractivity contribution >= 4 is 0 Å². The molecule has 1 aliphatic rings. The van der Waals surface area contributed by atoms with Crippen molar-refractivity contribution in [2.75, 3.05) is 6.54 Å². The van der Waals surface area contributed by atoms with Crippen LogP contribution in [0.1, 0.15) is 49.0 Å². The minimum Gasteiger partial charge on any atom is -0.485 e. The minimum atomic E-state index is -0.282. The number of nitrogens with zero attached hydrogens (tertiary/aromatic N) is 3. The molecule has 2 unspecified atom stereocenters. The van der Waals surface area contributed by atoms with E-state index in [-0.39, 0.29) is 6.10 Å². The van der Waals surface area contributed by atoms with Crippen molar-refractivity contribution < 1.29 is 14.4 Å². The maximum Gasteiger partial charge on any atom is 0.240 e. The summed E-state index contributed by atoms with van der Waals surface area (Å²) in [6.07, 6.45) is 2.77. The number of aromatic nitrogens is 2. The first-order chi connectivity index (χ1) is 12.0. The molecule has 1 N–H and O–H groups in total. The smallest absolute Gasteiger partial charge is 0.240 e. The van der Waals surface area contributed by atoms with Crippen LogP contribution in [-0.4, -0.2) is 38.8 Å². The number of hydrogen-bond donors (Lipinski definition) is 1. The summed E-state index contributed by atoms with van der Waals surface area (Å²) in [4.78, 5) is 6.75. The van der Waals surface area contributed by atoms with Gasteiger partial charge in [0.15, 0.2) is 6.61 Å². The number of aliphatic hydroxyl groups is 1. The Kier molecular flexibility index (Phi) is 5.71. The van der Waals surface area contributed by atoms with Gasteiger partial charge in [0.1, 0.15) is 5.75 Å². The van der Waals surface area contributed by atoms with E-state index < -0.39 is 0 Å². The van der Waals surface area contributed by atoms with Gasteiger partial charge in [0.25, 0.3) is 0 Å². The second-order valence-electron chi connectivity index (χ2n) is 7.07. The highest BCUT2D eigenvalue weighted by Gasteiger charge is 2.27. The molecule has 2 aromatic rings. The number of benzene rings is 1. The molecule has 0 spiro atoms. The third kappa shape index (κ3) is 5.03. The molecule has 1 aromatic heterocycles. The topological polar surface area (TPSA) is 71.6 Å². The van der Waals surface area contributed by atoms with E-state index in [0.717, 1.165) is 31.6 Å². The summed E-state index contributed by atoms with van der Waals surface area (Å²) in [6, 6.07) is 6.50. The number of rotatable bonds is 7. The molecule has 6 nitrogen and oxygen atoms in total. The average molecular weight is 345 g/mol. The summed E-state index contributed by atoms with van der Waals surface area (Å²) in [6.45, 7) is 7.87. The van der Waals surface area contributed by atoms with Gasteiger partial charge in [-0.3, -0.25) is 4.90 Å². The SMILES string of the molecule is Cc1cc(C)cc(OCc2noc(CN3CCCC3CC(C)O)n2)c1. The van der Waals surface area contributed by atoms with E-state index in [1.165, 1.54) is 11.1 Å². The minimum absolute atomic E-state index is 0.282. The molecule has 2 atom stereocenters. The van der Waals surface area contributed by atoms with Crippen molar-refractivity contribution in [2.24, 2.45) is 0 Å². The Morgan fingerprint density at radius 1 is 1.32 bits per heavy atom. The van der Waals surface area contributed by atoms with Crippen LogP contribution in [0.4, 0.5) is 0 Å². The van der Waals surface area contributed by atoms with Gasteiger partial charge in [0.05, 0.1) is 12.6 Å². The van der Waals surface area contributed by atoms with Crippen LogP contribution in [0.15, 0.2) is 22.7 Å². The summed E-state index contributed by atoms with van der Waals surface area (Å²) in [7, 11) is 0. The summed E-state index contributed by atoms with van der Waals surface area (Å²) >= 11 is 0. The second-order valence-corrected chi connectivity index (χ2v) is 7.07. The third-order valence-corrected chi connectivity index (χ3v) is 4.52. The lowest BCUT2D eigenvalue weighted by molar-refractivity contribution is 0.124. The summed E-state index contributed by atoms with van der Waals surface area (Å²) in [5.41, 5.74) is 2.34. The number of aliphatic hydroxyl groups excluding tert-OH is 1. The van der Waals surface area contributed by atoms with Crippen LogP contribution in [0.5, 0.6) is 5.75 Å². The molecule has 1 aliphatic heterocycles. The molecular formula is C19H27N3O3. The van der Waals surface area contributed by atoms with Crippen LogP contribution in [0.2, 0.25) is 0 Å². The average Bonchev–Trinajstić information content (AvgIpc) is 3.14. The Balaban J connectivity index is 1.55. The summed E-state index contributed by atoms with van der Waals surface area (Å²) < 4.78 is 11.1. The Labute approximate surface area is 148 Å². The molecule has 1 aromatic carbocycles. The van der Waals surface area contributed by atoms with Gasteiger partial charge in [-0.2, -0.15) is 4.98 Å². The maximum absolute atomic E-state index is 9.62. The molecule has 2 heterocycles.